The van der Waals surface area contributed by atoms with E-state index in [0.717, 1.165) is 49.1 Å². The quantitative estimate of drug-likeness (QED) is 0.802. The smallest absolute Gasteiger partial charge is 0.151 e. The van der Waals surface area contributed by atoms with Gasteiger partial charge >= 0.3 is 0 Å². The summed E-state index contributed by atoms with van der Waals surface area (Å²) >= 11 is 0. The van der Waals surface area contributed by atoms with Crippen molar-refractivity contribution in [3.05, 3.63) is 35.9 Å². The summed E-state index contributed by atoms with van der Waals surface area (Å²) in [5, 5.41) is 8.22. The fourth-order valence-corrected chi connectivity index (χ4v) is 3.35. The highest BCUT2D eigenvalue weighted by Crippen LogP contribution is 2.26. The van der Waals surface area contributed by atoms with E-state index >= 15 is 0 Å². The van der Waals surface area contributed by atoms with Gasteiger partial charge in [-0.3, -0.25) is 0 Å². The molecule has 0 unspecified atom stereocenters. The van der Waals surface area contributed by atoms with Gasteiger partial charge in [0.05, 0.1) is 12.3 Å². The summed E-state index contributed by atoms with van der Waals surface area (Å²) < 4.78 is 5.31. The number of rotatable bonds is 5. The van der Waals surface area contributed by atoms with E-state index in [1.807, 2.05) is 12.1 Å². The van der Waals surface area contributed by atoms with Gasteiger partial charge in [0.15, 0.2) is 5.82 Å². The first kappa shape index (κ1) is 19.5. The standard InChI is InChI=1S/C20H30N6O/c1-20(2,3)19-22-15(14-27-5)13-18(23-19)26-11-8-16(9-12-26)25(4)17-7-6-10-21-24-17/h6-7,10,13,16H,8-9,11-12,14H2,1-5H3. The van der Waals surface area contributed by atoms with Crippen LogP contribution in [0, 0.1) is 0 Å². The number of methoxy groups -OCH3 is 1. The Balaban J connectivity index is 1.73. The number of piperidine rings is 1. The Kier molecular flexibility index (Phi) is 5.89. The minimum Gasteiger partial charge on any atom is -0.378 e. The molecule has 0 radical (unpaired) electrons. The van der Waals surface area contributed by atoms with Gasteiger partial charge < -0.3 is 14.5 Å². The molecular formula is C20H30N6O. The maximum Gasteiger partial charge on any atom is 0.151 e. The largest absolute Gasteiger partial charge is 0.378 e. The Morgan fingerprint density at radius 1 is 1.22 bits per heavy atom. The fraction of sp³-hybridized carbons (Fsp3) is 0.600. The number of hydrogen-bond donors (Lipinski definition) is 0. The molecule has 0 atom stereocenters. The summed E-state index contributed by atoms with van der Waals surface area (Å²) in [6.07, 6.45) is 3.82. The number of ether oxygens (including phenoxy) is 1. The van der Waals surface area contributed by atoms with E-state index in [1.165, 1.54) is 0 Å². The summed E-state index contributed by atoms with van der Waals surface area (Å²) in [5.41, 5.74) is 0.842. The minimum absolute atomic E-state index is 0.0942. The normalized spacial score (nSPS) is 15.8. The highest BCUT2D eigenvalue weighted by molar-refractivity contribution is 5.43. The van der Waals surface area contributed by atoms with E-state index in [-0.39, 0.29) is 5.41 Å². The van der Waals surface area contributed by atoms with Crippen LogP contribution in [0.15, 0.2) is 24.4 Å². The van der Waals surface area contributed by atoms with Crippen LogP contribution in [0.4, 0.5) is 11.6 Å². The summed E-state index contributed by atoms with van der Waals surface area (Å²) in [5.74, 6) is 2.80. The third-order valence-corrected chi connectivity index (χ3v) is 4.98. The van der Waals surface area contributed by atoms with Crippen LogP contribution in [0.1, 0.15) is 45.1 Å². The van der Waals surface area contributed by atoms with E-state index in [4.69, 9.17) is 9.72 Å². The summed E-state index contributed by atoms with van der Waals surface area (Å²) in [6.45, 7) is 8.86. The van der Waals surface area contributed by atoms with Crippen LogP contribution in [-0.2, 0) is 16.8 Å². The zero-order valence-electron chi connectivity index (χ0n) is 17.0. The number of aromatic nitrogens is 4. The van der Waals surface area contributed by atoms with E-state index < -0.39 is 0 Å². The van der Waals surface area contributed by atoms with Gasteiger partial charge in [0, 0.05) is 51.0 Å². The molecule has 2 aromatic heterocycles. The highest BCUT2D eigenvalue weighted by atomic mass is 16.5. The van der Waals surface area contributed by atoms with Crippen molar-refractivity contribution in [3.63, 3.8) is 0 Å². The molecule has 1 fully saturated rings. The van der Waals surface area contributed by atoms with E-state index in [9.17, 15) is 0 Å². The molecule has 27 heavy (non-hydrogen) atoms. The first-order valence-corrected chi connectivity index (χ1v) is 9.51. The lowest BCUT2D eigenvalue weighted by atomic mass is 9.95. The van der Waals surface area contributed by atoms with E-state index in [0.29, 0.717) is 12.6 Å². The first-order chi connectivity index (χ1) is 12.9. The first-order valence-electron chi connectivity index (χ1n) is 9.51. The molecule has 0 aliphatic carbocycles. The molecular weight excluding hydrogens is 340 g/mol. The van der Waals surface area contributed by atoms with Crippen molar-refractivity contribution in [2.24, 2.45) is 0 Å². The Bertz CT molecular complexity index is 738. The third-order valence-electron chi connectivity index (χ3n) is 4.98. The van der Waals surface area contributed by atoms with Crippen molar-refractivity contribution in [2.75, 3.05) is 37.0 Å². The topological polar surface area (TPSA) is 67.3 Å². The molecule has 0 amide bonds. The second kappa shape index (κ2) is 8.17. The van der Waals surface area contributed by atoms with Crippen LogP contribution in [0.5, 0.6) is 0 Å². The second-order valence-corrected chi connectivity index (χ2v) is 8.14. The SMILES string of the molecule is COCc1cc(N2CCC(N(C)c3cccnn3)CC2)nc(C(C)(C)C)n1. The minimum atomic E-state index is -0.0942. The molecule has 1 aliphatic heterocycles. The lowest BCUT2D eigenvalue weighted by molar-refractivity contribution is 0.181. The molecule has 7 nitrogen and oxygen atoms in total. The average Bonchev–Trinajstić information content (AvgIpc) is 2.67. The van der Waals surface area contributed by atoms with Gasteiger partial charge in [0.2, 0.25) is 0 Å². The predicted molar refractivity (Wildman–Crippen MR) is 107 cm³/mol. The molecule has 3 heterocycles. The third kappa shape index (κ3) is 4.71. The molecule has 3 rings (SSSR count). The van der Waals surface area contributed by atoms with E-state index in [2.05, 4.69) is 58.9 Å². The van der Waals surface area contributed by atoms with Crippen LogP contribution < -0.4 is 9.80 Å². The second-order valence-electron chi connectivity index (χ2n) is 8.14. The van der Waals surface area contributed by atoms with Crippen LogP contribution in [0.2, 0.25) is 0 Å². The van der Waals surface area contributed by atoms with Crippen LogP contribution in [0.3, 0.4) is 0 Å². The zero-order chi connectivity index (χ0) is 19.4. The molecule has 1 saturated heterocycles. The molecule has 7 heteroatoms. The Morgan fingerprint density at radius 2 is 1.96 bits per heavy atom. The summed E-state index contributed by atoms with van der Waals surface area (Å²) in [6, 6.07) is 6.46. The van der Waals surface area contributed by atoms with Crippen molar-refractivity contribution in [2.45, 2.75) is 51.7 Å². The average molecular weight is 371 g/mol. The maximum absolute atomic E-state index is 5.31. The summed E-state index contributed by atoms with van der Waals surface area (Å²) in [7, 11) is 3.80. The highest BCUT2D eigenvalue weighted by Gasteiger charge is 2.26. The van der Waals surface area contributed by atoms with Gasteiger partial charge in [-0.2, -0.15) is 5.10 Å². The van der Waals surface area contributed by atoms with Crippen LogP contribution >= 0.6 is 0 Å². The lowest BCUT2D eigenvalue weighted by Gasteiger charge is -2.38. The number of hydrogen-bond acceptors (Lipinski definition) is 7. The van der Waals surface area contributed by atoms with Crippen LogP contribution in [-0.4, -0.2) is 53.5 Å². The Hall–Kier alpha value is -2.28. The Labute approximate surface area is 161 Å². The van der Waals surface area contributed by atoms with Gasteiger partial charge in [0.25, 0.3) is 0 Å². The van der Waals surface area contributed by atoms with Gasteiger partial charge in [-0.1, -0.05) is 20.8 Å². The maximum atomic E-state index is 5.31. The molecule has 0 N–H and O–H groups in total. The van der Waals surface area contributed by atoms with Crippen molar-refractivity contribution in [3.8, 4) is 0 Å². The molecule has 1 aliphatic rings. The van der Waals surface area contributed by atoms with Gasteiger partial charge in [-0.15, -0.1) is 5.10 Å². The van der Waals surface area contributed by atoms with Crippen molar-refractivity contribution >= 4 is 11.6 Å². The van der Waals surface area contributed by atoms with Crippen molar-refractivity contribution in [1.82, 2.24) is 20.2 Å². The zero-order valence-corrected chi connectivity index (χ0v) is 17.0. The lowest BCUT2D eigenvalue weighted by Crippen LogP contribution is -2.44. The number of anilines is 2. The molecule has 0 spiro atoms. The monoisotopic (exact) mass is 370 g/mol. The van der Waals surface area contributed by atoms with E-state index in [1.54, 1.807) is 13.3 Å². The van der Waals surface area contributed by atoms with Gasteiger partial charge in [-0.05, 0) is 25.0 Å². The molecule has 146 valence electrons. The molecule has 2 aromatic rings. The molecule has 0 aromatic carbocycles. The molecule has 0 saturated carbocycles. The summed E-state index contributed by atoms with van der Waals surface area (Å²) in [4.78, 5) is 14.1. The van der Waals surface area contributed by atoms with Gasteiger partial charge in [0.1, 0.15) is 11.6 Å². The van der Waals surface area contributed by atoms with Crippen molar-refractivity contribution in [1.29, 1.82) is 0 Å². The molecule has 0 bridgehead atoms. The van der Waals surface area contributed by atoms with Gasteiger partial charge in [-0.25, -0.2) is 9.97 Å². The fourth-order valence-electron chi connectivity index (χ4n) is 3.35. The predicted octanol–water partition coefficient (Wildman–Crippen LogP) is 2.82. The Morgan fingerprint density at radius 3 is 2.56 bits per heavy atom. The number of nitrogens with zero attached hydrogens (tertiary/aromatic N) is 6. The van der Waals surface area contributed by atoms with Crippen LogP contribution in [0.25, 0.3) is 0 Å². The van der Waals surface area contributed by atoms with Crippen molar-refractivity contribution < 1.29 is 4.74 Å².